The minimum atomic E-state index is -1.17. The first-order chi connectivity index (χ1) is 26.5. The van der Waals surface area contributed by atoms with E-state index in [2.05, 4.69) is 27.0 Å². The van der Waals surface area contributed by atoms with Gasteiger partial charge in [-0.05, 0) is 75.7 Å². The van der Waals surface area contributed by atoms with Crippen molar-refractivity contribution in [3.8, 4) is 0 Å². The second-order valence-corrected chi connectivity index (χ2v) is 16.3. The number of aliphatic hydroxyl groups excluding tert-OH is 1. The molecule has 0 aromatic carbocycles. The highest BCUT2D eigenvalue weighted by molar-refractivity contribution is 8.03. The van der Waals surface area contributed by atoms with E-state index in [1.807, 2.05) is 25.3 Å². The lowest BCUT2D eigenvalue weighted by Crippen LogP contribution is -2.63. The Hall–Kier alpha value is -4.05. The number of unbranched alkanes of at least 4 members (excludes halogenated alkanes) is 3. The van der Waals surface area contributed by atoms with Crippen molar-refractivity contribution in [2.45, 2.75) is 95.1 Å². The van der Waals surface area contributed by atoms with Crippen LogP contribution >= 0.6 is 11.8 Å². The van der Waals surface area contributed by atoms with Crippen molar-refractivity contribution in [3.63, 3.8) is 0 Å². The van der Waals surface area contributed by atoms with Gasteiger partial charge in [-0.1, -0.05) is 25.5 Å². The Labute approximate surface area is 327 Å². The molecule has 300 valence electrons. The summed E-state index contributed by atoms with van der Waals surface area (Å²) in [6, 6.07) is 3.13. The van der Waals surface area contributed by atoms with Gasteiger partial charge in [0.25, 0.3) is 0 Å². The molecule has 0 saturated carbocycles. The fraction of sp³-hybridized carbons (Fsp3) is 0.600. The number of β-lactam (4-membered cyclic amide) rings is 1. The molecule has 0 radical (unpaired) electrons. The molecule has 2 fully saturated rings. The van der Waals surface area contributed by atoms with Gasteiger partial charge in [0, 0.05) is 73.9 Å². The summed E-state index contributed by atoms with van der Waals surface area (Å²) >= 11 is 1.39. The standard InChI is InChI=1S/C40H56N6O8S/c1-25-34-33(26(2)47)39(51)46(34)35(40(52)53)36(25)55-30-22-31(43-24-30)37(49)44-29-14-9-13-28(21-29)38(50)45(3)18-7-4-5-15-32(48)42-17-20-54-19-8-6-11-27-12-10-16-41-23-27/h9-10,12,14,16,21,23,25-26,28,30-31,33-34,43,47H,4-8,11,13,15,17-20,22,24H2,1-3H3,(H,42,48)(H,44,49)(H,52,53)/t25-,26-,28?,30+,31+,33-,34?/m1/s1. The fourth-order valence-electron chi connectivity index (χ4n) is 7.75. The number of pyridine rings is 1. The lowest BCUT2D eigenvalue weighted by atomic mass is 9.79. The summed E-state index contributed by atoms with van der Waals surface area (Å²) in [5.74, 6) is -3.06. The van der Waals surface area contributed by atoms with E-state index in [1.54, 1.807) is 37.2 Å². The lowest BCUT2D eigenvalue weighted by molar-refractivity contribution is -0.163. The van der Waals surface area contributed by atoms with Gasteiger partial charge in [0.1, 0.15) is 5.70 Å². The molecule has 1 aliphatic carbocycles. The van der Waals surface area contributed by atoms with Gasteiger partial charge in [0.05, 0.1) is 36.6 Å². The summed E-state index contributed by atoms with van der Waals surface area (Å²) in [5, 5.41) is 29.1. The highest BCUT2D eigenvalue weighted by Gasteiger charge is 2.60. The molecule has 4 amide bonds. The SMILES string of the molecule is C[C@H]1C(S[C@@H]2CN[C@H](C(=O)NC3=CC(C(=O)N(C)CCCCCC(=O)NCCOCCCCc4cccnc4)CC=C3)C2)=C(C(=O)O)N2C(=O)[C@H]([C@@H](C)O)C12. The van der Waals surface area contributed by atoms with Crippen molar-refractivity contribution in [3.05, 3.63) is 64.6 Å². The Bertz CT molecular complexity index is 1630. The number of fused-ring (bicyclic) bond motifs is 1. The number of carbonyl (C=O) groups is 5. The molecule has 3 aliphatic heterocycles. The Kier molecular flexibility index (Phi) is 15.5. The molecule has 2 saturated heterocycles. The molecular formula is C40H56N6O8S. The third-order valence-electron chi connectivity index (χ3n) is 10.7. The van der Waals surface area contributed by atoms with E-state index in [9.17, 15) is 34.2 Å². The largest absolute Gasteiger partial charge is 0.477 e. The van der Waals surface area contributed by atoms with Gasteiger partial charge >= 0.3 is 5.97 Å². The number of amides is 4. The van der Waals surface area contributed by atoms with Crippen LogP contribution in [-0.4, -0.2) is 118 Å². The third-order valence-corrected chi connectivity index (χ3v) is 12.2. The summed E-state index contributed by atoms with van der Waals surface area (Å²) < 4.78 is 5.63. The first kappa shape index (κ1) is 42.1. The maximum Gasteiger partial charge on any atom is 0.353 e. The second kappa shape index (κ2) is 20.2. The van der Waals surface area contributed by atoms with Crippen molar-refractivity contribution in [1.29, 1.82) is 0 Å². The number of carbonyl (C=O) groups excluding carboxylic acids is 4. The van der Waals surface area contributed by atoms with E-state index < -0.39 is 30.0 Å². The van der Waals surface area contributed by atoms with Crippen LogP contribution in [0.15, 0.2) is 59.1 Å². The van der Waals surface area contributed by atoms with Gasteiger partial charge in [-0.2, -0.15) is 0 Å². The first-order valence-corrected chi connectivity index (χ1v) is 20.4. The highest BCUT2D eigenvalue weighted by Crippen LogP contribution is 2.51. The van der Waals surface area contributed by atoms with E-state index >= 15 is 0 Å². The number of carboxylic acid groups (broad SMARTS) is 1. The topological polar surface area (TPSA) is 190 Å². The maximum absolute atomic E-state index is 13.3. The number of ether oxygens (including phenoxy) is 1. The smallest absolute Gasteiger partial charge is 0.353 e. The van der Waals surface area contributed by atoms with Crippen LogP contribution in [0.3, 0.4) is 0 Å². The molecule has 2 unspecified atom stereocenters. The molecule has 5 rings (SSSR count). The summed E-state index contributed by atoms with van der Waals surface area (Å²) in [7, 11) is 1.78. The van der Waals surface area contributed by atoms with E-state index in [0.717, 1.165) is 38.5 Å². The monoisotopic (exact) mass is 780 g/mol. The number of aryl methyl sites for hydroxylation is 1. The number of aliphatic hydroxyl groups is 1. The number of thioether (sulfide) groups is 1. The molecule has 14 nitrogen and oxygen atoms in total. The molecular weight excluding hydrogens is 725 g/mol. The fourth-order valence-corrected chi connectivity index (χ4v) is 9.23. The Morgan fingerprint density at radius 2 is 1.98 bits per heavy atom. The van der Waals surface area contributed by atoms with Gasteiger partial charge in [-0.25, -0.2) is 4.79 Å². The van der Waals surface area contributed by atoms with Gasteiger partial charge in [-0.3, -0.25) is 24.2 Å². The lowest BCUT2D eigenvalue weighted by Gasteiger charge is -2.46. The number of carboxylic acids is 1. The zero-order valence-electron chi connectivity index (χ0n) is 32.1. The van der Waals surface area contributed by atoms with E-state index in [1.165, 1.54) is 22.2 Å². The van der Waals surface area contributed by atoms with Crippen molar-refractivity contribution in [1.82, 2.24) is 30.7 Å². The number of aromatic nitrogens is 1. The summed E-state index contributed by atoms with van der Waals surface area (Å²) in [5.41, 5.74) is 1.77. The van der Waals surface area contributed by atoms with Gasteiger partial charge in [0.15, 0.2) is 0 Å². The Morgan fingerprint density at radius 1 is 1.16 bits per heavy atom. The molecule has 0 spiro atoms. The summed E-state index contributed by atoms with van der Waals surface area (Å²) in [4.78, 5) is 71.3. The van der Waals surface area contributed by atoms with Crippen LogP contribution < -0.4 is 16.0 Å². The number of hydrogen-bond donors (Lipinski definition) is 5. The number of nitrogens with zero attached hydrogens (tertiary/aromatic N) is 3. The zero-order chi connectivity index (χ0) is 39.5. The van der Waals surface area contributed by atoms with E-state index in [-0.39, 0.29) is 46.5 Å². The van der Waals surface area contributed by atoms with Crippen LogP contribution in [0.5, 0.6) is 0 Å². The normalized spacial score (nSPS) is 24.9. The van der Waals surface area contributed by atoms with Crippen LogP contribution in [-0.2, 0) is 35.1 Å². The van der Waals surface area contributed by atoms with Gasteiger partial charge < -0.3 is 40.7 Å². The molecule has 4 aliphatic rings. The minimum absolute atomic E-state index is 0.00255. The molecule has 1 aromatic heterocycles. The van der Waals surface area contributed by atoms with Crippen molar-refractivity contribution >= 4 is 41.4 Å². The molecule has 55 heavy (non-hydrogen) atoms. The van der Waals surface area contributed by atoms with Crippen molar-refractivity contribution in [2.75, 3.05) is 39.9 Å². The molecule has 4 heterocycles. The minimum Gasteiger partial charge on any atom is -0.477 e. The van der Waals surface area contributed by atoms with Gasteiger partial charge in [-0.15, -0.1) is 11.8 Å². The van der Waals surface area contributed by atoms with Crippen molar-refractivity contribution in [2.24, 2.45) is 17.8 Å². The summed E-state index contributed by atoms with van der Waals surface area (Å²) in [6.07, 6.45) is 15.0. The molecule has 0 bridgehead atoms. The van der Waals surface area contributed by atoms with Crippen LogP contribution in [0, 0.1) is 17.8 Å². The number of allylic oxidation sites excluding steroid dienone is 2. The zero-order valence-corrected chi connectivity index (χ0v) is 32.9. The molecule has 15 heteroatoms. The predicted molar refractivity (Wildman–Crippen MR) is 208 cm³/mol. The first-order valence-electron chi connectivity index (χ1n) is 19.5. The van der Waals surface area contributed by atoms with E-state index in [0.29, 0.717) is 62.7 Å². The molecule has 1 aromatic rings. The Balaban J connectivity index is 0.950. The highest BCUT2D eigenvalue weighted by atomic mass is 32.2. The van der Waals surface area contributed by atoms with Crippen LogP contribution in [0.2, 0.25) is 0 Å². The predicted octanol–water partition coefficient (Wildman–Crippen LogP) is 2.75. The average Bonchev–Trinajstić information content (AvgIpc) is 3.73. The van der Waals surface area contributed by atoms with Crippen LogP contribution in [0.25, 0.3) is 0 Å². The quantitative estimate of drug-likeness (QED) is 0.0912. The number of hydrogen-bond acceptors (Lipinski definition) is 10. The van der Waals surface area contributed by atoms with Gasteiger partial charge in [0.2, 0.25) is 23.6 Å². The van der Waals surface area contributed by atoms with Crippen LogP contribution in [0.4, 0.5) is 0 Å². The van der Waals surface area contributed by atoms with Crippen LogP contribution in [0.1, 0.15) is 70.8 Å². The van der Waals surface area contributed by atoms with Crippen molar-refractivity contribution < 1.29 is 38.9 Å². The Morgan fingerprint density at radius 3 is 2.73 bits per heavy atom. The summed E-state index contributed by atoms with van der Waals surface area (Å²) in [6.45, 7) is 6.14. The average molecular weight is 781 g/mol. The van der Waals surface area contributed by atoms with E-state index in [4.69, 9.17) is 4.74 Å². The third kappa shape index (κ3) is 11.0. The molecule has 5 N–H and O–H groups in total. The number of rotatable bonds is 21. The number of aliphatic carboxylic acids is 1. The number of nitrogens with one attached hydrogen (secondary N) is 3. The molecule has 7 atom stereocenters. The maximum atomic E-state index is 13.3. The second-order valence-electron chi connectivity index (χ2n) is 14.9.